The van der Waals surface area contributed by atoms with E-state index in [1.54, 1.807) is 32.0 Å². The third-order valence-corrected chi connectivity index (χ3v) is 6.10. The van der Waals surface area contributed by atoms with E-state index in [0.717, 1.165) is 24.8 Å². The van der Waals surface area contributed by atoms with Gasteiger partial charge in [0.1, 0.15) is 16.4 Å². The first-order valence-electron chi connectivity index (χ1n) is 9.34. The Labute approximate surface area is 162 Å². The first-order valence-corrected chi connectivity index (χ1v) is 10.8. The number of nitrogens with one attached hydrogen (secondary N) is 1. The molecule has 0 atom stereocenters. The predicted molar refractivity (Wildman–Crippen MR) is 109 cm³/mol. The molecule has 0 heterocycles. The number of aryl methyl sites for hydroxylation is 2. The normalized spacial score (nSPS) is 11.9. The maximum Gasteiger partial charge on any atom is 0.244 e. The Morgan fingerprint density at radius 2 is 1.81 bits per heavy atom. The highest BCUT2D eigenvalue weighted by Gasteiger charge is 2.28. The van der Waals surface area contributed by atoms with Crippen molar-refractivity contribution < 1.29 is 18.6 Å². The molecule has 148 valence electrons. The van der Waals surface area contributed by atoms with Crippen LogP contribution >= 0.6 is 0 Å². The first-order chi connectivity index (χ1) is 12.7. The molecule has 5 nitrogen and oxygen atoms in total. The highest BCUT2D eigenvalue weighted by Crippen LogP contribution is 2.44. The Bertz CT molecular complexity index is 905. The van der Waals surface area contributed by atoms with Gasteiger partial charge >= 0.3 is 0 Å². The second-order valence-electron chi connectivity index (χ2n) is 7.21. The number of rotatable bonds is 8. The second kappa shape index (κ2) is 8.76. The van der Waals surface area contributed by atoms with Gasteiger partial charge in [-0.3, -0.25) is 0 Å². The fourth-order valence-corrected chi connectivity index (χ4v) is 4.80. The van der Waals surface area contributed by atoms with Crippen LogP contribution in [0.3, 0.4) is 0 Å². The van der Waals surface area contributed by atoms with Gasteiger partial charge in [0.25, 0.3) is 0 Å². The van der Waals surface area contributed by atoms with Crippen molar-refractivity contribution in [3.05, 3.63) is 41.5 Å². The molecule has 0 spiro atoms. The fraction of sp³-hybridized carbons (Fsp3) is 0.429. The van der Waals surface area contributed by atoms with Crippen molar-refractivity contribution in [3.63, 3.8) is 0 Å². The van der Waals surface area contributed by atoms with Gasteiger partial charge < -0.3 is 10.2 Å². The number of unbranched alkanes of at least 4 members (excludes halogenated alkanes) is 2. The summed E-state index contributed by atoms with van der Waals surface area (Å²) in [6.45, 7) is 7.42. The molecule has 0 aliphatic rings. The lowest BCUT2D eigenvalue weighted by Crippen LogP contribution is -2.31. The van der Waals surface area contributed by atoms with E-state index in [9.17, 15) is 18.6 Å². The predicted octanol–water partition coefficient (Wildman–Crippen LogP) is 4.49. The quantitative estimate of drug-likeness (QED) is 0.579. The van der Waals surface area contributed by atoms with Crippen molar-refractivity contribution in [2.45, 2.75) is 64.3 Å². The summed E-state index contributed by atoms with van der Waals surface area (Å²) in [5.74, 6) is -0.520. The molecule has 0 bridgehead atoms. The van der Waals surface area contributed by atoms with Crippen molar-refractivity contribution in [2.24, 2.45) is 0 Å². The van der Waals surface area contributed by atoms with E-state index in [0.29, 0.717) is 17.5 Å². The summed E-state index contributed by atoms with van der Waals surface area (Å²) in [4.78, 5) is -0.137. The van der Waals surface area contributed by atoms with Crippen molar-refractivity contribution in [2.75, 3.05) is 0 Å². The van der Waals surface area contributed by atoms with E-state index in [1.165, 1.54) is 6.07 Å². The van der Waals surface area contributed by atoms with Crippen LogP contribution in [0.25, 0.3) is 11.1 Å². The molecule has 0 saturated carbocycles. The Morgan fingerprint density at radius 1 is 1.11 bits per heavy atom. The van der Waals surface area contributed by atoms with E-state index in [4.69, 9.17) is 0 Å². The minimum Gasteiger partial charge on any atom is -0.507 e. The van der Waals surface area contributed by atoms with Gasteiger partial charge in [0.05, 0.1) is 5.56 Å². The van der Waals surface area contributed by atoms with E-state index in [-0.39, 0.29) is 22.3 Å². The summed E-state index contributed by atoms with van der Waals surface area (Å²) < 4.78 is 28.4. The number of phenolic OH excluding ortho intramolecular Hbond substituents is 2. The standard InChI is InChI=1S/C21H29NO4S/c1-5-6-7-10-17-13-18(23)19(16-11-8-9-15(4)12-16)20(24)21(17)27(25,26)22-14(2)3/h8-9,11-14,22-24H,5-7,10H2,1-4H3. The van der Waals surface area contributed by atoms with Crippen molar-refractivity contribution in [3.8, 4) is 22.6 Å². The number of sulfonamides is 1. The molecule has 2 aromatic rings. The zero-order valence-electron chi connectivity index (χ0n) is 16.4. The summed E-state index contributed by atoms with van der Waals surface area (Å²) in [6.07, 6.45) is 3.19. The second-order valence-corrected chi connectivity index (χ2v) is 8.86. The topological polar surface area (TPSA) is 86.6 Å². The highest BCUT2D eigenvalue weighted by molar-refractivity contribution is 7.89. The SMILES string of the molecule is CCCCCc1cc(O)c(-c2cccc(C)c2)c(O)c1S(=O)(=O)NC(C)C. The lowest BCUT2D eigenvalue weighted by molar-refractivity contribution is 0.439. The molecule has 3 N–H and O–H groups in total. The van der Waals surface area contributed by atoms with Gasteiger partial charge in [-0.2, -0.15) is 0 Å². The zero-order chi connectivity index (χ0) is 20.2. The van der Waals surface area contributed by atoms with Crippen LogP contribution in [0, 0.1) is 6.92 Å². The van der Waals surface area contributed by atoms with Crippen LogP contribution in [0.5, 0.6) is 11.5 Å². The molecule has 0 amide bonds. The number of phenols is 2. The number of hydrogen-bond acceptors (Lipinski definition) is 4. The molecule has 0 saturated heterocycles. The molecule has 0 aliphatic carbocycles. The van der Waals surface area contributed by atoms with Crippen molar-refractivity contribution >= 4 is 10.0 Å². The van der Waals surface area contributed by atoms with Gasteiger partial charge in [-0.15, -0.1) is 0 Å². The lowest BCUT2D eigenvalue weighted by Gasteiger charge is -2.19. The number of aromatic hydroxyl groups is 2. The van der Waals surface area contributed by atoms with E-state index >= 15 is 0 Å². The van der Waals surface area contributed by atoms with Crippen LogP contribution in [-0.2, 0) is 16.4 Å². The maximum atomic E-state index is 12.9. The minimum absolute atomic E-state index is 0.118. The number of benzene rings is 2. The molecule has 0 unspecified atom stereocenters. The van der Waals surface area contributed by atoms with Crippen LogP contribution in [0.1, 0.15) is 51.2 Å². The molecule has 27 heavy (non-hydrogen) atoms. The third-order valence-electron chi connectivity index (χ3n) is 4.33. The summed E-state index contributed by atoms with van der Waals surface area (Å²) in [5.41, 5.74) is 2.10. The molecule has 0 fully saturated rings. The van der Waals surface area contributed by atoms with Gasteiger partial charge in [0.15, 0.2) is 0 Å². The summed E-state index contributed by atoms with van der Waals surface area (Å²) in [7, 11) is -3.93. The first kappa shape index (κ1) is 21.3. The van der Waals surface area contributed by atoms with Gasteiger partial charge in [0.2, 0.25) is 10.0 Å². The Hall–Kier alpha value is -2.05. The van der Waals surface area contributed by atoms with Crippen LogP contribution in [0.4, 0.5) is 0 Å². The van der Waals surface area contributed by atoms with E-state index in [2.05, 4.69) is 11.6 Å². The highest BCUT2D eigenvalue weighted by atomic mass is 32.2. The van der Waals surface area contributed by atoms with Crippen molar-refractivity contribution in [1.29, 1.82) is 0 Å². The van der Waals surface area contributed by atoms with Crippen LogP contribution < -0.4 is 4.72 Å². The Balaban J connectivity index is 2.70. The minimum atomic E-state index is -3.93. The summed E-state index contributed by atoms with van der Waals surface area (Å²) in [6, 6.07) is 8.41. The summed E-state index contributed by atoms with van der Waals surface area (Å²) in [5, 5.41) is 21.5. The molecule has 0 aliphatic heterocycles. The molecular weight excluding hydrogens is 362 g/mol. The van der Waals surface area contributed by atoms with Crippen LogP contribution in [0.2, 0.25) is 0 Å². The third kappa shape index (κ3) is 5.02. The van der Waals surface area contributed by atoms with Gasteiger partial charge in [-0.05, 0) is 50.8 Å². The van der Waals surface area contributed by atoms with Gasteiger partial charge in [-0.25, -0.2) is 13.1 Å². The Kier molecular flexibility index (Phi) is 6.89. The van der Waals surface area contributed by atoms with Crippen LogP contribution in [-0.4, -0.2) is 24.7 Å². The molecule has 0 aromatic heterocycles. The fourth-order valence-electron chi connectivity index (χ4n) is 3.20. The number of hydrogen-bond donors (Lipinski definition) is 3. The molecule has 0 radical (unpaired) electrons. The molecular formula is C21H29NO4S. The van der Waals surface area contributed by atoms with E-state index < -0.39 is 15.8 Å². The molecule has 6 heteroatoms. The van der Waals surface area contributed by atoms with Gasteiger partial charge in [-0.1, -0.05) is 49.6 Å². The molecule has 2 rings (SSSR count). The molecule has 2 aromatic carbocycles. The van der Waals surface area contributed by atoms with Gasteiger partial charge in [0, 0.05) is 6.04 Å². The lowest BCUT2D eigenvalue weighted by atomic mass is 9.97. The zero-order valence-corrected chi connectivity index (χ0v) is 17.2. The smallest absolute Gasteiger partial charge is 0.244 e. The largest absolute Gasteiger partial charge is 0.507 e. The average Bonchev–Trinajstić information content (AvgIpc) is 2.53. The van der Waals surface area contributed by atoms with Crippen molar-refractivity contribution in [1.82, 2.24) is 4.72 Å². The van der Waals surface area contributed by atoms with Crippen LogP contribution in [0.15, 0.2) is 35.2 Å². The Morgan fingerprint density at radius 3 is 2.41 bits per heavy atom. The van der Waals surface area contributed by atoms with E-state index in [1.807, 2.05) is 13.0 Å². The summed E-state index contributed by atoms with van der Waals surface area (Å²) >= 11 is 0. The monoisotopic (exact) mass is 391 g/mol. The maximum absolute atomic E-state index is 12.9. The average molecular weight is 392 g/mol.